The number of carbonyl (C=O) groups is 2. The van der Waals surface area contributed by atoms with Crippen molar-refractivity contribution < 1.29 is 23.5 Å². The summed E-state index contributed by atoms with van der Waals surface area (Å²) in [6, 6.07) is 19.0. The highest BCUT2D eigenvalue weighted by Crippen LogP contribution is 2.27. The smallest absolute Gasteiger partial charge is 0.260 e. The van der Waals surface area contributed by atoms with Crippen LogP contribution >= 0.6 is 0 Å². The van der Waals surface area contributed by atoms with E-state index in [9.17, 15) is 14.0 Å². The molecule has 0 atom stereocenters. The van der Waals surface area contributed by atoms with E-state index in [2.05, 4.69) is 5.32 Å². The summed E-state index contributed by atoms with van der Waals surface area (Å²) in [5.41, 5.74) is 3.28. The Bertz CT molecular complexity index is 1130. The predicted octanol–water partition coefficient (Wildman–Crippen LogP) is 3.98. The maximum absolute atomic E-state index is 13.1. The van der Waals surface area contributed by atoms with E-state index < -0.39 is 0 Å². The van der Waals surface area contributed by atoms with Crippen LogP contribution in [0.1, 0.15) is 16.7 Å². The molecule has 0 aromatic heterocycles. The Kier molecular flexibility index (Phi) is 6.88. The van der Waals surface area contributed by atoms with Crippen LogP contribution in [0.3, 0.4) is 0 Å². The topological polar surface area (TPSA) is 67.9 Å². The van der Waals surface area contributed by atoms with Crippen LogP contribution in [0.15, 0.2) is 66.7 Å². The molecule has 1 heterocycles. The molecule has 1 aliphatic rings. The molecule has 0 saturated heterocycles. The first kappa shape index (κ1) is 22.3. The SMILES string of the molecule is COc1ccc(CCN2Cc3cc(NC(=O)Cc4ccc(F)cc4)ccc3OCC2=O)cc1. The van der Waals surface area contributed by atoms with E-state index in [0.29, 0.717) is 30.9 Å². The highest BCUT2D eigenvalue weighted by Gasteiger charge is 2.22. The Hall–Kier alpha value is -3.87. The molecule has 1 N–H and O–H groups in total. The molecular formula is C26H25FN2O4. The maximum atomic E-state index is 13.1. The zero-order valence-electron chi connectivity index (χ0n) is 18.3. The minimum Gasteiger partial charge on any atom is -0.497 e. The zero-order chi connectivity index (χ0) is 23.2. The van der Waals surface area contributed by atoms with E-state index in [1.54, 1.807) is 36.3 Å². The molecule has 0 radical (unpaired) electrons. The molecule has 4 rings (SSSR count). The van der Waals surface area contributed by atoms with Crippen molar-refractivity contribution in [2.45, 2.75) is 19.4 Å². The van der Waals surface area contributed by atoms with Crippen LogP contribution in [-0.4, -0.2) is 37.0 Å². The molecule has 1 aliphatic heterocycles. The molecule has 0 saturated carbocycles. The molecule has 0 spiro atoms. The summed E-state index contributed by atoms with van der Waals surface area (Å²) in [5, 5.41) is 2.87. The summed E-state index contributed by atoms with van der Waals surface area (Å²) >= 11 is 0. The number of ether oxygens (including phenoxy) is 2. The summed E-state index contributed by atoms with van der Waals surface area (Å²) in [5.74, 6) is 0.800. The minimum absolute atomic E-state index is 0.0219. The standard InChI is InChI=1S/C26H25FN2O4/c1-32-23-9-4-18(5-10-23)12-13-29-16-20-15-22(8-11-24(20)33-17-26(29)31)28-25(30)14-19-2-6-21(27)7-3-19/h2-11,15H,12-14,16-17H2,1H3,(H,28,30). The average Bonchev–Trinajstić information content (AvgIpc) is 2.98. The number of hydrogen-bond donors (Lipinski definition) is 1. The van der Waals surface area contributed by atoms with Crippen LogP contribution in [0, 0.1) is 5.82 Å². The molecule has 0 bridgehead atoms. The Morgan fingerprint density at radius 1 is 1.06 bits per heavy atom. The monoisotopic (exact) mass is 448 g/mol. The van der Waals surface area contributed by atoms with Gasteiger partial charge in [-0.1, -0.05) is 24.3 Å². The predicted molar refractivity (Wildman–Crippen MR) is 123 cm³/mol. The molecule has 170 valence electrons. The van der Waals surface area contributed by atoms with Crippen molar-refractivity contribution in [1.82, 2.24) is 4.90 Å². The fraction of sp³-hybridized carbons (Fsp3) is 0.231. The normalized spacial score (nSPS) is 13.0. The van der Waals surface area contributed by atoms with Gasteiger partial charge in [-0.05, 0) is 60.0 Å². The van der Waals surface area contributed by atoms with Gasteiger partial charge in [0.05, 0.1) is 13.5 Å². The van der Waals surface area contributed by atoms with Crippen molar-refractivity contribution >= 4 is 17.5 Å². The van der Waals surface area contributed by atoms with Gasteiger partial charge in [0.2, 0.25) is 5.91 Å². The number of hydrogen-bond acceptors (Lipinski definition) is 4. The molecule has 0 fully saturated rings. The lowest BCUT2D eigenvalue weighted by atomic mass is 10.1. The number of carbonyl (C=O) groups excluding carboxylic acids is 2. The van der Waals surface area contributed by atoms with Gasteiger partial charge in [-0.2, -0.15) is 0 Å². The Labute approximate surface area is 191 Å². The number of benzene rings is 3. The highest BCUT2D eigenvalue weighted by atomic mass is 19.1. The number of nitrogens with zero attached hydrogens (tertiary/aromatic N) is 1. The van der Waals surface area contributed by atoms with Crippen LogP contribution in [0.5, 0.6) is 11.5 Å². The summed E-state index contributed by atoms with van der Waals surface area (Å²) in [4.78, 5) is 26.8. The van der Waals surface area contributed by atoms with Crippen molar-refractivity contribution in [2.75, 3.05) is 25.6 Å². The van der Waals surface area contributed by atoms with Crippen molar-refractivity contribution in [1.29, 1.82) is 0 Å². The molecule has 6 nitrogen and oxygen atoms in total. The van der Waals surface area contributed by atoms with Gasteiger partial charge in [-0.25, -0.2) is 4.39 Å². The molecular weight excluding hydrogens is 423 g/mol. The van der Waals surface area contributed by atoms with E-state index in [1.807, 2.05) is 30.3 Å². The van der Waals surface area contributed by atoms with Crippen molar-refractivity contribution in [3.8, 4) is 11.5 Å². The fourth-order valence-electron chi connectivity index (χ4n) is 3.70. The first-order chi connectivity index (χ1) is 16.0. The van der Waals surface area contributed by atoms with Gasteiger partial charge in [0.1, 0.15) is 17.3 Å². The van der Waals surface area contributed by atoms with E-state index in [0.717, 1.165) is 22.4 Å². The third-order valence-corrected chi connectivity index (χ3v) is 5.52. The van der Waals surface area contributed by atoms with Crippen molar-refractivity contribution in [3.05, 3.63) is 89.2 Å². The lowest BCUT2D eigenvalue weighted by Crippen LogP contribution is -2.34. The number of halogens is 1. The lowest BCUT2D eigenvalue weighted by Gasteiger charge is -2.20. The second-order valence-electron chi connectivity index (χ2n) is 7.88. The number of rotatable bonds is 7. The maximum Gasteiger partial charge on any atom is 0.260 e. The molecule has 3 aromatic carbocycles. The van der Waals surface area contributed by atoms with Crippen LogP contribution in [0.2, 0.25) is 0 Å². The average molecular weight is 448 g/mol. The van der Waals surface area contributed by atoms with Gasteiger partial charge in [0, 0.05) is 24.3 Å². The molecule has 0 aliphatic carbocycles. The largest absolute Gasteiger partial charge is 0.497 e. The second kappa shape index (κ2) is 10.2. The lowest BCUT2D eigenvalue weighted by molar-refractivity contribution is -0.133. The van der Waals surface area contributed by atoms with Gasteiger partial charge in [-0.3, -0.25) is 9.59 Å². The zero-order valence-corrected chi connectivity index (χ0v) is 18.3. The van der Waals surface area contributed by atoms with Crippen molar-refractivity contribution in [2.24, 2.45) is 0 Å². The van der Waals surface area contributed by atoms with Gasteiger partial charge >= 0.3 is 0 Å². The van der Waals surface area contributed by atoms with Crippen molar-refractivity contribution in [3.63, 3.8) is 0 Å². The van der Waals surface area contributed by atoms with E-state index >= 15 is 0 Å². The van der Waals surface area contributed by atoms with Gasteiger partial charge in [-0.15, -0.1) is 0 Å². The molecule has 2 amide bonds. The first-order valence-electron chi connectivity index (χ1n) is 10.7. The molecule has 0 unspecified atom stereocenters. The van der Waals surface area contributed by atoms with Crippen LogP contribution in [0.25, 0.3) is 0 Å². The first-order valence-corrected chi connectivity index (χ1v) is 10.7. The number of methoxy groups -OCH3 is 1. The molecule has 33 heavy (non-hydrogen) atoms. The minimum atomic E-state index is -0.337. The Morgan fingerprint density at radius 2 is 1.79 bits per heavy atom. The third kappa shape index (κ3) is 5.88. The summed E-state index contributed by atoms with van der Waals surface area (Å²) in [6.07, 6.45) is 0.847. The Balaban J connectivity index is 1.40. The third-order valence-electron chi connectivity index (χ3n) is 5.52. The van der Waals surface area contributed by atoms with E-state index in [4.69, 9.17) is 9.47 Å². The van der Waals surface area contributed by atoms with E-state index in [-0.39, 0.29) is 30.7 Å². The quantitative estimate of drug-likeness (QED) is 0.594. The molecule has 3 aromatic rings. The van der Waals surface area contributed by atoms with Crippen LogP contribution < -0.4 is 14.8 Å². The number of fused-ring (bicyclic) bond motifs is 1. The second-order valence-corrected chi connectivity index (χ2v) is 7.88. The summed E-state index contributed by atoms with van der Waals surface area (Å²) < 4.78 is 23.9. The van der Waals surface area contributed by atoms with Gasteiger partial charge in [0.25, 0.3) is 5.91 Å². The summed E-state index contributed by atoms with van der Waals surface area (Å²) in [7, 11) is 1.63. The van der Waals surface area contributed by atoms with Crippen LogP contribution in [0.4, 0.5) is 10.1 Å². The molecule has 7 heteroatoms. The fourth-order valence-corrected chi connectivity index (χ4v) is 3.70. The number of anilines is 1. The number of amides is 2. The van der Waals surface area contributed by atoms with Gasteiger partial charge in [0.15, 0.2) is 6.61 Å². The van der Waals surface area contributed by atoms with Gasteiger partial charge < -0.3 is 19.7 Å². The summed E-state index contributed by atoms with van der Waals surface area (Å²) in [6.45, 7) is 0.924. The van der Waals surface area contributed by atoms with E-state index in [1.165, 1.54) is 12.1 Å². The Morgan fingerprint density at radius 3 is 2.52 bits per heavy atom. The highest BCUT2D eigenvalue weighted by molar-refractivity contribution is 5.92. The number of nitrogens with one attached hydrogen (secondary N) is 1. The van der Waals surface area contributed by atoms with Crippen LogP contribution in [-0.2, 0) is 29.0 Å².